The van der Waals surface area contributed by atoms with E-state index in [1.54, 1.807) is 0 Å². The van der Waals surface area contributed by atoms with E-state index in [1.165, 1.54) is 0 Å². The fraction of sp³-hybridized carbons (Fsp3) is 0.857. The standard InChI is InChI=1S/C7H13ClO2/c1-2-5-10-6-3-4-7(8)9/h2-6H2,1H3. The summed E-state index contributed by atoms with van der Waals surface area (Å²) in [6.45, 7) is 3.47. The number of hydrogen-bond donors (Lipinski definition) is 0. The fourth-order valence-electron chi connectivity index (χ4n) is 0.560. The molecule has 0 aromatic rings. The first-order chi connectivity index (χ1) is 4.77. The van der Waals surface area contributed by atoms with E-state index in [1.807, 2.05) is 6.92 Å². The van der Waals surface area contributed by atoms with Crippen LogP contribution in [0.1, 0.15) is 26.2 Å². The predicted octanol–water partition coefficient (Wildman–Crippen LogP) is 1.96. The van der Waals surface area contributed by atoms with Crippen molar-refractivity contribution in [1.82, 2.24) is 0 Å². The van der Waals surface area contributed by atoms with E-state index in [2.05, 4.69) is 0 Å². The molecule has 0 aromatic carbocycles. The van der Waals surface area contributed by atoms with Crippen molar-refractivity contribution in [3.05, 3.63) is 0 Å². The van der Waals surface area contributed by atoms with Crippen LogP contribution in [0.4, 0.5) is 0 Å². The zero-order valence-corrected chi connectivity index (χ0v) is 6.99. The van der Waals surface area contributed by atoms with Crippen LogP contribution in [0.25, 0.3) is 0 Å². The predicted molar refractivity (Wildman–Crippen MR) is 41.2 cm³/mol. The lowest BCUT2D eigenvalue weighted by Crippen LogP contribution is -1.97. The van der Waals surface area contributed by atoms with Gasteiger partial charge >= 0.3 is 0 Å². The van der Waals surface area contributed by atoms with Gasteiger partial charge in [0.2, 0.25) is 5.24 Å². The van der Waals surface area contributed by atoms with Gasteiger partial charge in [-0.25, -0.2) is 0 Å². The van der Waals surface area contributed by atoms with Crippen LogP contribution >= 0.6 is 11.6 Å². The zero-order valence-electron chi connectivity index (χ0n) is 6.23. The maximum Gasteiger partial charge on any atom is 0.221 e. The Hall–Kier alpha value is -0.0800. The summed E-state index contributed by atoms with van der Waals surface area (Å²) in [5.41, 5.74) is 0. The second-order valence-electron chi connectivity index (χ2n) is 2.07. The fourth-order valence-corrected chi connectivity index (χ4v) is 0.693. The summed E-state index contributed by atoms with van der Waals surface area (Å²) in [7, 11) is 0. The minimum atomic E-state index is -0.278. The normalized spacial score (nSPS) is 9.80. The molecule has 0 bridgehead atoms. The summed E-state index contributed by atoms with van der Waals surface area (Å²) in [4.78, 5) is 10.2. The van der Waals surface area contributed by atoms with Gasteiger partial charge in [-0.15, -0.1) is 0 Å². The Morgan fingerprint density at radius 2 is 2.20 bits per heavy atom. The van der Waals surface area contributed by atoms with Crippen LogP contribution < -0.4 is 0 Å². The van der Waals surface area contributed by atoms with Gasteiger partial charge in [-0.1, -0.05) is 6.92 Å². The van der Waals surface area contributed by atoms with E-state index in [0.717, 1.165) is 19.4 Å². The number of hydrogen-bond acceptors (Lipinski definition) is 2. The van der Waals surface area contributed by atoms with Crippen LogP contribution in [0, 0.1) is 0 Å². The van der Waals surface area contributed by atoms with Crippen LogP contribution in [-0.4, -0.2) is 18.5 Å². The van der Waals surface area contributed by atoms with E-state index in [0.29, 0.717) is 13.0 Å². The molecule has 0 aliphatic heterocycles. The van der Waals surface area contributed by atoms with Gasteiger partial charge < -0.3 is 4.74 Å². The maximum atomic E-state index is 10.2. The molecule has 0 rings (SSSR count). The zero-order chi connectivity index (χ0) is 7.82. The highest BCUT2D eigenvalue weighted by Crippen LogP contribution is 1.95. The first-order valence-corrected chi connectivity index (χ1v) is 3.91. The van der Waals surface area contributed by atoms with Crippen molar-refractivity contribution >= 4 is 16.8 Å². The van der Waals surface area contributed by atoms with Crippen molar-refractivity contribution in [1.29, 1.82) is 0 Å². The van der Waals surface area contributed by atoms with Crippen molar-refractivity contribution in [2.75, 3.05) is 13.2 Å². The Bertz CT molecular complexity index is 93.6. The van der Waals surface area contributed by atoms with Crippen LogP contribution in [0.15, 0.2) is 0 Å². The van der Waals surface area contributed by atoms with Gasteiger partial charge in [0.25, 0.3) is 0 Å². The molecule has 0 aliphatic rings. The number of halogens is 1. The van der Waals surface area contributed by atoms with Crippen LogP contribution in [0.3, 0.4) is 0 Å². The Balaban J connectivity index is 2.84. The second-order valence-corrected chi connectivity index (χ2v) is 2.49. The summed E-state index contributed by atoms with van der Waals surface area (Å²) in [5, 5.41) is -0.278. The molecule has 0 spiro atoms. The highest BCUT2D eigenvalue weighted by molar-refractivity contribution is 6.63. The van der Waals surface area contributed by atoms with E-state index in [-0.39, 0.29) is 5.24 Å². The molecule has 60 valence electrons. The molecule has 0 atom stereocenters. The molecule has 3 heteroatoms. The lowest BCUT2D eigenvalue weighted by molar-refractivity contribution is -0.112. The van der Waals surface area contributed by atoms with E-state index < -0.39 is 0 Å². The van der Waals surface area contributed by atoms with Gasteiger partial charge in [-0.3, -0.25) is 4.79 Å². The van der Waals surface area contributed by atoms with E-state index in [9.17, 15) is 4.79 Å². The Labute approximate surface area is 66.5 Å². The lowest BCUT2D eigenvalue weighted by atomic mass is 10.3. The van der Waals surface area contributed by atoms with Crippen molar-refractivity contribution in [2.45, 2.75) is 26.2 Å². The van der Waals surface area contributed by atoms with Gasteiger partial charge in [-0.2, -0.15) is 0 Å². The molecule has 0 amide bonds. The molecular weight excluding hydrogens is 152 g/mol. The Morgan fingerprint density at radius 3 is 2.70 bits per heavy atom. The second kappa shape index (κ2) is 7.03. The topological polar surface area (TPSA) is 26.3 Å². The molecule has 0 fully saturated rings. The molecule has 0 N–H and O–H groups in total. The van der Waals surface area contributed by atoms with Gasteiger partial charge in [0.15, 0.2) is 0 Å². The lowest BCUT2D eigenvalue weighted by Gasteiger charge is -1.98. The number of rotatable bonds is 6. The number of carbonyl (C=O) groups excluding carboxylic acids is 1. The van der Waals surface area contributed by atoms with Crippen LogP contribution in [-0.2, 0) is 9.53 Å². The number of ether oxygens (including phenoxy) is 1. The Morgan fingerprint density at radius 1 is 1.50 bits per heavy atom. The van der Waals surface area contributed by atoms with E-state index >= 15 is 0 Å². The summed E-state index contributed by atoms with van der Waals surface area (Å²) in [5.74, 6) is 0. The quantitative estimate of drug-likeness (QED) is 0.443. The minimum Gasteiger partial charge on any atom is -0.381 e. The maximum absolute atomic E-state index is 10.2. The highest BCUT2D eigenvalue weighted by Gasteiger charge is 1.94. The van der Waals surface area contributed by atoms with Gasteiger partial charge in [0, 0.05) is 19.6 Å². The van der Waals surface area contributed by atoms with Crippen molar-refractivity contribution in [3.63, 3.8) is 0 Å². The highest BCUT2D eigenvalue weighted by atomic mass is 35.5. The SMILES string of the molecule is CCCOCCCC(=O)Cl. The molecule has 0 radical (unpaired) electrons. The summed E-state index contributed by atoms with van der Waals surface area (Å²) >= 11 is 5.10. The molecule has 0 unspecified atom stereocenters. The molecule has 0 saturated heterocycles. The first kappa shape index (κ1) is 9.92. The molecule has 2 nitrogen and oxygen atoms in total. The van der Waals surface area contributed by atoms with Crippen molar-refractivity contribution in [2.24, 2.45) is 0 Å². The molecule has 10 heavy (non-hydrogen) atoms. The molecule has 0 aromatic heterocycles. The third kappa shape index (κ3) is 7.92. The summed E-state index contributed by atoms with van der Waals surface area (Å²) in [6.07, 6.45) is 2.18. The third-order valence-corrected chi connectivity index (χ3v) is 1.20. The monoisotopic (exact) mass is 164 g/mol. The molecule has 0 saturated carbocycles. The average Bonchev–Trinajstić information content (AvgIpc) is 1.87. The average molecular weight is 165 g/mol. The Kier molecular flexibility index (Phi) is 6.98. The van der Waals surface area contributed by atoms with Crippen LogP contribution in [0.5, 0.6) is 0 Å². The smallest absolute Gasteiger partial charge is 0.221 e. The number of carbonyl (C=O) groups is 1. The van der Waals surface area contributed by atoms with Crippen LogP contribution in [0.2, 0.25) is 0 Å². The van der Waals surface area contributed by atoms with Crippen molar-refractivity contribution < 1.29 is 9.53 Å². The third-order valence-electron chi connectivity index (χ3n) is 1.01. The summed E-state index contributed by atoms with van der Waals surface area (Å²) < 4.78 is 5.12. The minimum absolute atomic E-state index is 0.278. The first-order valence-electron chi connectivity index (χ1n) is 3.53. The van der Waals surface area contributed by atoms with Gasteiger partial charge in [0.05, 0.1) is 0 Å². The molecule has 0 aliphatic carbocycles. The van der Waals surface area contributed by atoms with Gasteiger partial charge in [0.1, 0.15) is 0 Å². The summed E-state index contributed by atoms with van der Waals surface area (Å²) in [6, 6.07) is 0. The van der Waals surface area contributed by atoms with E-state index in [4.69, 9.17) is 16.3 Å². The van der Waals surface area contributed by atoms with Crippen molar-refractivity contribution in [3.8, 4) is 0 Å². The van der Waals surface area contributed by atoms with Gasteiger partial charge in [-0.05, 0) is 24.4 Å². The molecule has 0 heterocycles. The molecular formula is C7H13ClO2. The largest absolute Gasteiger partial charge is 0.381 e.